The first-order valence-corrected chi connectivity index (χ1v) is 7.64. The molecule has 3 rings (SSSR count). The van der Waals surface area contributed by atoms with Gasteiger partial charge in [0.25, 0.3) is 0 Å². The van der Waals surface area contributed by atoms with Crippen LogP contribution in [0.15, 0.2) is 18.2 Å². The van der Waals surface area contributed by atoms with Crippen LogP contribution in [0.3, 0.4) is 0 Å². The number of ether oxygens (including phenoxy) is 3. The first-order chi connectivity index (χ1) is 9.80. The van der Waals surface area contributed by atoms with Gasteiger partial charge in [0.15, 0.2) is 11.5 Å². The van der Waals surface area contributed by atoms with Gasteiger partial charge in [0.05, 0.1) is 11.2 Å². The molecule has 2 aliphatic heterocycles. The molecule has 2 atom stereocenters. The van der Waals surface area contributed by atoms with Crippen molar-refractivity contribution in [2.75, 3.05) is 13.2 Å². The van der Waals surface area contributed by atoms with Gasteiger partial charge in [-0.2, -0.15) is 0 Å². The van der Waals surface area contributed by atoms with E-state index in [1.165, 1.54) is 0 Å². The lowest BCUT2D eigenvalue weighted by Crippen LogP contribution is -2.36. The molecule has 2 heterocycles. The van der Waals surface area contributed by atoms with Gasteiger partial charge in [-0.1, -0.05) is 12.1 Å². The van der Waals surface area contributed by atoms with Gasteiger partial charge in [0, 0.05) is 17.5 Å². The number of para-hydroxylation sites is 1. The van der Waals surface area contributed by atoms with Gasteiger partial charge in [-0.25, -0.2) is 0 Å². The molecule has 1 aromatic rings. The van der Waals surface area contributed by atoms with Gasteiger partial charge in [-0.15, -0.1) is 0 Å². The molecular weight excluding hydrogens is 266 g/mol. The van der Waals surface area contributed by atoms with Gasteiger partial charge in [0.1, 0.15) is 13.2 Å². The first-order valence-electron chi connectivity index (χ1n) is 7.64. The first kappa shape index (κ1) is 14.7. The van der Waals surface area contributed by atoms with E-state index in [1.807, 2.05) is 18.2 Å². The lowest BCUT2D eigenvalue weighted by atomic mass is 9.79. The van der Waals surface area contributed by atoms with Crippen molar-refractivity contribution < 1.29 is 14.2 Å². The third-order valence-corrected chi connectivity index (χ3v) is 4.53. The molecule has 4 nitrogen and oxygen atoms in total. The van der Waals surface area contributed by atoms with Crippen molar-refractivity contribution in [2.45, 2.75) is 51.4 Å². The molecule has 2 aliphatic rings. The lowest BCUT2D eigenvalue weighted by Gasteiger charge is -2.32. The number of hydrogen-bond acceptors (Lipinski definition) is 4. The Morgan fingerprint density at radius 2 is 1.86 bits per heavy atom. The minimum Gasteiger partial charge on any atom is -0.486 e. The molecule has 0 radical (unpaired) electrons. The van der Waals surface area contributed by atoms with Crippen molar-refractivity contribution in [1.82, 2.24) is 0 Å². The third-order valence-electron chi connectivity index (χ3n) is 4.53. The Labute approximate surface area is 126 Å². The van der Waals surface area contributed by atoms with Crippen LogP contribution in [0.4, 0.5) is 0 Å². The highest BCUT2D eigenvalue weighted by atomic mass is 16.6. The van der Waals surface area contributed by atoms with Crippen LogP contribution in [0, 0.1) is 5.92 Å². The normalized spacial score (nSPS) is 27.4. The Kier molecular flexibility index (Phi) is 3.41. The standard InChI is InChI=1S/C17H25NO3/c1-16(2)10-12(17(3,4)21-16)14(18)11-6-5-7-13-15(11)20-9-8-19-13/h5-7,12,14H,8-10,18H2,1-4H3. The quantitative estimate of drug-likeness (QED) is 0.910. The van der Waals surface area contributed by atoms with Gasteiger partial charge in [-0.3, -0.25) is 0 Å². The number of nitrogens with two attached hydrogens (primary N) is 1. The van der Waals surface area contributed by atoms with Crippen LogP contribution < -0.4 is 15.2 Å². The molecule has 116 valence electrons. The van der Waals surface area contributed by atoms with Crippen molar-refractivity contribution in [3.8, 4) is 11.5 Å². The van der Waals surface area contributed by atoms with Crippen molar-refractivity contribution in [2.24, 2.45) is 11.7 Å². The molecule has 0 spiro atoms. The molecule has 0 amide bonds. The van der Waals surface area contributed by atoms with Gasteiger partial charge >= 0.3 is 0 Å². The second kappa shape index (κ2) is 4.89. The summed E-state index contributed by atoms with van der Waals surface area (Å²) in [7, 11) is 0. The molecule has 0 saturated carbocycles. The summed E-state index contributed by atoms with van der Waals surface area (Å²) < 4.78 is 17.7. The van der Waals surface area contributed by atoms with E-state index in [2.05, 4.69) is 27.7 Å². The summed E-state index contributed by atoms with van der Waals surface area (Å²) in [5, 5.41) is 0. The predicted octanol–water partition coefficient (Wildman–Crippen LogP) is 3.05. The summed E-state index contributed by atoms with van der Waals surface area (Å²) in [4.78, 5) is 0. The molecule has 1 saturated heterocycles. The summed E-state index contributed by atoms with van der Waals surface area (Å²) in [5.74, 6) is 1.84. The number of rotatable bonds is 2. The number of fused-ring (bicyclic) bond motifs is 1. The fourth-order valence-corrected chi connectivity index (χ4v) is 3.74. The van der Waals surface area contributed by atoms with E-state index in [0.29, 0.717) is 13.2 Å². The van der Waals surface area contributed by atoms with E-state index in [1.54, 1.807) is 0 Å². The summed E-state index contributed by atoms with van der Waals surface area (Å²) in [6.45, 7) is 9.67. The van der Waals surface area contributed by atoms with Gasteiger partial charge in [0.2, 0.25) is 0 Å². The summed E-state index contributed by atoms with van der Waals surface area (Å²) >= 11 is 0. The van der Waals surface area contributed by atoms with Crippen molar-refractivity contribution in [3.63, 3.8) is 0 Å². The van der Waals surface area contributed by atoms with E-state index in [9.17, 15) is 0 Å². The van der Waals surface area contributed by atoms with Gasteiger partial charge in [-0.05, 0) is 40.2 Å². The molecule has 2 N–H and O–H groups in total. The van der Waals surface area contributed by atoms with Crippen LogP contribution in [0.5, 0.6) is 11.5 Å². The lowest BCUT2D eigenvalue weighted by molar-refractivity contribution is -0.0768. The van der Waals surface area contributed by atoms with Crippen LogP contribution in [-0.2, 0) is 4.74 Å². The second-order valence-electron chi connectivity index (χ2n) is 7.17. The maximum absolute atomic E-state index is 6.61. The molecule has 1 fully saturated rings. The second-order valence-corrected chi connectivity index (χ2v) is 7.17. The van der Waals surface area contributed by atoms with Crippen LogP contribution in [-0.4, -0.2) is 24.4 Å². The number of benzene rings is 1. The van der Waals surface area contributed by atoms with Crippen molar-refractivity contribution in [3.05, 3.63) is 23.8 Å². The van der Waals surface area contributed by atoms with E-state index in [0.717, 1.165) is 23.5 Å². The topological polar surface area (TPSA) is 53.7 Å². The predicted molar refractivity (Wildman–Crippen MR) is 81.7 cm³/mol. The summed E-state index contributed by atoms with van der Waals surface area (Å²) in [6.07, 6.45) is 0.936. The molecule has 1 aromatic carbocycles. The molecule has 0 aliphatic carbocycles. The van der Waals surface area contributed by atoms with Crippen LogP contribution in [0.25, 0.3) is 0 Å². The Morgan fingerprint density at radius 3 is 2.52 bits per heavy atom. The largest absolute Gasteiger partial charge is 0.486 e. The zero-order valence-electron chi connectivity index (χ0n) is 13.3. The van der Waals surface area contributed by atoms with E-state index < -0.39 is 0 Å². The molecular formula is C17H25NO3. The molecule has 4 heteroatoms. The highest BCUT2D eigenvalue weighted by Crippen LogP contribution is 2.49. The smallest absolute Gasteiger partial charge is 0.166 e. The summed E-state index contributed by atoms with van der Waals surface area (Å²) in [5.41, 5.74) is 7.24. The monoisotopic (exact) mass is 291 g/mol. The Morgan fingerprint density at radius 1 is 1.14 bits per heavy atom. The third kappa shape index (κ3) is 2.62. The highest BCUT2D eigenvalue weighted by molar-refractivity contribution is 5.49. The van der Waals surface area contributed by atoms with Crippen LogP contribution in [0.2, 0.25) is 0 Å². The minimum absolute atomic E-state index is 0.126. The minimum atomic E-state index is -0.249. The Balaban J connectivity index is 1.94. The maximum atomic E-state index is 6.61. The molecule has 0 bridgehead atoms. The van der Waals surface area contributed by atoms with Crippen molar-refractivity contribution in [1.29, 1.82) is 0 Å². The fraction of sp³-hybridized carbons (Fsp3) is 0.647. The maximum Gasteiger partial charge on any atom is 0.166 e. The van der Waals surface area contributed by atoms with Crippen molar-refractivity contribution >= 4 is 0 Å². The SMILES string of the molecule is CC1(C)CC(C(N)c2cccc3c2OCCO3)C(C)(C)O1. The van der Waals surface area contributed by atoms with E-state index in [4.69, 9.17) is 19.9 Å². The Bertz CT molecular complexity index is 539. The fourth-order valence-electron chi connectivity index (χ4n) is 3.74. The highest BCUT2D eigenvalue weighted by Gasteiger charge is 2.49. The van der Waals surface area contributed by atoms with E-state index >= 15 is 0 Å². The number of hydrogen-bond donors (Lipinski definition) is 1. The average molecular weight is 291 g/mol. The van der Waals surface area contributed by atoms with Gasteiger partial charge < -0.3 is 19.9 Å². The zero-order valence-corrected chi connectivity index (χ0v) is 13.3. The average Bonchev–Trinajstić information content (AvgIpc) is 2.65. The molecule has 0 aromatic heterocycles. The molecule has 2 unspecified atom stereocenters. The van der Waals surface area contributed by atoms with Crippen LogP contribution >= 0.6 is 0 Å². The summed E-state index contributed by atoms with van der Waals surface area (Å²) in [6, 6.07) is 5.83. The van der Waals surface area contributed by atoms with E-state index in [-0.39, 0.29) is 23.2 Å². The van der Waals surface area contributed by atoms with Crippen LogP contribution in [0.1, 0.15) is 45.7 Å². The molecule has 21 heavy (non-hydrogen) atoms. The Hall–Kier alpha value is -1.26. The zero-order chi connectivity index (χ0) is 15.3.